The van der Waals surface area contributed by atoms with Crippen LogP contribution >= 0.6 is 11.8 Å². The highest BCUT2D eigenvalue weighted by Gasteiger charge is 2.56. The summed E-state index contributed by atoms with van der Waals surface area (Å²) in [6.45, 7) is -0.399. The van der Waals surface area contributed by atoms with Crippen LogP contribution in [0.5, 0.6) is 0 Å². The van der Waals surface area contributed by atoms with E-state index < -0.39 is 30.0 Å². The van der Waals surface area contributed by atoms with Crippen molar-refractivity contribution in [2.45, 2.75) is 23.4 Å². The third kappa shape index (κ3) is 1.99. The lowest BCUT2D eigenvalue weighted by molar-refractivity contribution is -0.0773. The van der Waals surface area contributed by atoms with E-state index in [-0.39, 0.29) is 0 Å². The lowest BCUT2D eigenvalue weighted by atomic mass is 10.1. The molecule has 0 aromatic carbocycles. The van der Waals surface area contributed by atoms with Crippen molar-refractivity contribution >= 4 is 28.7 Å². The van der Waals surface area contributed by atoms with Crippen LogP contribution < -0.4 is 5.32 Å². The van der Waals surface area contributed by atoms with Crippen LogP contribution in [0.3, 0.4) is 0 Å². The number of rotatable bonds is 4. The fourth-order valence-electron chi connectivity index (χ4n) is 2.63. The van der Waals surface area contributed by atoms with Crippen LogP contribution in [0.15, 0.2) is 12.7 Å². The fraction of sp³-hybridized carbons (Fsp3) is 0.583. The molecular formula is C12H17N5O4S. The second kappa shape index (κ2) is 5.63. The molecule has 0 saturated carbocycles. The Bertz CT molecular complexity index is 683. The highest BCUT2D eigenvalue weighted by atomic mass is 32.2. The Morgan fingerprint density at radius 3 is 2.77 bits per heavy atom. The molecule has 3 heterocycles. The smallest absolute Gasteiger partial charge is 0.225 e. The number of nitrogens with zero attached hydrogens (tertiary/aromatic N) is 4. The van der Waals surface area contributed by atoms with Crippen LogP contribution in [-0.2, 0) is 9.79 Å². The Labute approximate surface area is 130 Å². The van der Waals surface area contributed by atoms with Gasteiger partial charge in [-0.25, -0.2) is 15.0 Å². The van der Waals surface area contributed by atoms with E-state index in [1.54, 1.807) is 17.9 Å². The van der Waals surface area contributed by atoms with Gasteiger partial charge in [-0.3, -0.25) is 4.57 Å². The predicted molar refractivity (Wildman–Crippen MR) is 80.3 cm³/mol. The zero-order chi connectivity index (χ0) is 15.9. The summed E-state index contributed by atoms with van der Waals surface area (Å²) < 4.78 is 7.31. The molecule has 0 radical (unpaired) electrons. The minimum Gasteiger partial charge on any atom is -0.394 e. The molecule has 1 aliphatic heterocycles. The van der Waals surface area contributed by atoms with Crippen molar-refractivity contribution in [1.82, 2.24) is 19.5 Å². The maximum atomic E-state index is 10.5. The zero-order valence-corrected chi connectivity index (χ0v) is 12.9. The number of aliphatic hydroxyl groups excluding tert-OH is 3. The van der Waals surface area contributed by atoms with Crippen molar-refractivity contribution in [2.75, 3.05) is 25.2 Å². The summed E-state index contributed by atoms with van der Waals surface area (Å²) in [6.07, 6.45) is 1.26. The molecule has 10 heteroatoms. The third-order valence-electron chi connectivity index (χ3n) is 3.78. The van der Waals surface area contributed by atoms with E-state index in [1.165, 1.54) is 24.4 Å². The van der Waals surface area contributed by atoms with Gasteiger partial charge >= 0.3 is 0 Å². The van der Waals surface area contributed by atoms with Crippen molar-refractivity contribution in [3.63, 3.8) is 0 Å². The Balaban J connectivity index is 2.16. The first kappa shape index (κ1) is 15.4. The van der Waals surface area contributed by atoms with E-state index >= 15 is 0 Å². The largest absolute Gasteiger partial charge is 0.394 e. The molecule has 0 spiro atoms. The number of aromatic nitrogens is 4. The molecule has 0 amide bonds. The minimum absolute atomic E-state index is 0.399. The lowest BCUT2D eigenvalue weighted by Crippen LogP contribution is -2.42. The average Bonchev–Trinajstić information content (AvgIpc) is 3.09. The molecule has 3 rings (SSSR count). The normalized spacial score (nSPS) is 31.8. The Kier molecular flexibility index (Phi) is 3.95. The van der Waals surface area contributed by atoms with Crippen molar-refractivity contribution in [1.29, 1.82) is 0 Å². The molecule has 4 atom stereocenters. The SMILES string of the molecule is CNc1ncnc2c1ncn2[C@]1(SC)O[C@H](CO)[C@@H](O)[C@H]1O. The number of hydrogen-bond acceptors (Lipinski definition) is 9. The van der Waals surface area contributed by atoms with Gasteiger partial charge in [0.15, 0.2) is 17.0 Å². The molecule has 1 fully saturated rings. The number of aliphatic hydroxyl groups is 3. The molecule has 2 aromatic heterocycles. The summed E-state index contributed by atoms with van der Waals surface area (Å²) in [7, 11) is 1.72. The topological polar surface area (TPSA) is 126 Å². The second-order valence-electron chi connectivity index (χ2n) is 4.87. The zero-order valence-electron chi connectivity index (χ0n) is 12.0. The molecule has 0 unspecified atom stereocenters. The van der Waals surface area contributed by atoms with E-state index in [2.05, 4.69) is 20.3 Å². The van der Waals surface area contributed by atoms with Gasteiger partial charge in [-0.15, -0.1) is 11.8 Å². The highest BCUT2D eigenvalue weighted by molar-refractivity contribution is 7.99. The summed E-state index contributed by atoms with van der Waals surface area (Å²) in [5, 5.41) is 31.4. The number of imidazole rings is 1. The van der Waals surface area contributed by atoms with Gasteiger partial charge < -0.3 is 25.4 Å². The number of hydrogen-bond donors (Lipinski definition) is 4. The van der Waals surface area contributed by atoms with Gasteiger partial charge in [-0.2, -0.15) is 0 Å². The van der Waals surface area contributed by atoms with Crippen molar-refractivity contribution in [3.05, 3.63) is 12.7 Å². The highest BCUT2D eigenvalue weighted by Crippen LogP contribution is 2.44. The molecule has 4 N–H and O–H groups in total. The molecular weight excluding hydrogens is 310 g/mol. The molecule has 120 valence electrons. The van der Waals surface area contributed by atoms with E-state index in [4.69, 9.17) is 4.74 Å². The van der Waals surface area contributed by atoms with E-state index in [1.807, 2.05) is 0 Å². The summed E-state index contributed by atoms with van der Waals surface area (Å²) in [5.74, 6) is 0.548. The molecule has 0 aliphatic carbocycles. The monoisotopic (exact) mass is 327 g/mol. The maximum absolute atomic E-state index is 10.5. The molecule has 0 bridgehead atoms. The lowest BCUT2D eigenvalue weighted by Gasteiger charge is -2.31. The van der Waals surface area contributed by atoms with Crippen molar-refractivity contribution < 1.29 is 20.1 Å². The van der Waals surface area contributed by atoms with Crippen LogP contribution in [0.2, 0.25) is 0 Å². The number of nitrogens with one attached hydrogen (secondary N) is 1. The van der Waals surface area contributed by atoms with Gasteiger partial charge in [0.05, 0.1) is 6.61 Å². The standard InChI is InChI=1S/C12H17N5O4S/c1-13-10-7-11(15-4-14-10)17(5-16-7)12(22-2)9(20)8(19)6(3-18)21-12/h4-6,8-9,18-20H,3H2,1-2H3,(H,13,14,15)/t6-,8-,9-,12+/m1/s1. The van der Waals surface area contributed by atoms with Gasteiger partial charge in [-0.05, 0) is 6.26 Å². The van der Waals surface area contributed by atoms with Crippen LogP contribution in [0.25, 0.3) is 11.2 Å². The predicted octanol–water partition coefficient (Wildman–Crippen LogP) is -1.05. The van der Waals surface area contributed by atoms with Crippen LogP contribution in [0.1, 0.15) is 0 Å². The second-order valence-corrected chi connectivity index (χ2v) is 5.86. The van der Waals surface area contributed by atoms with Gasteiger partial charge in [0.2, 0.25) is 5.06 Å². The van der Waals surface area contributed by atoms with E-state index in [0.29, 0.717) is 17.0 Å². The number of fused-ring (bicyclic) bond motifs is 1. The Morgan fingerprint density at radius 2 is 2.18 bits per heavy atom. The van der Waals surface area contributed by atoms with Crippen LogP contribution in [-0.4, -0.2) is 73.1 Å². The summed E-state index contributed by atoms with van der Waals surface area (Å²) >= 11 is 1.20. The summed E-state index contributed by atoms with van der Waals surface area (Å²) in [4.78, 5) is 12.5. The fourth-order valence-corrected chi connectivity index (χ4v) is 3.56. The molecule has 9 nitrogen and oxygen atoms in total. The molecule has 1 saturated heterocycles. The van der Waals surface area contributed by atoms with Gasteiger partial charge in [0.1, 0.15) is 31.0 Å². The number of thioether (sulfide) groups is 1. The number of anilines is 1. The Morgan fingerprint density at radius 1 is 1.41 bits per heavy atom. The van der Waals surface area contributed by atoms with Crippen LogP contribution in [0, 0.1) is 0 Å². The van der Waals surface area contributed by atoms with Crippen molar-refractivity contribution in [3.8, 4) is 0 Å². The first-order valence-corrected chi connectivity index (χ1v) is 7.87. The van der Waals surface area contributed by atoms with Gasteiger partial charge in [0, 0.05) is 7.05 Å². The number of ether oxygens (including phenoxy) is 1. The maximum Gasteiger partial charge on any atom is 0.225 e. The van der Waals surface area contributed by atoms with Crippen molar-refractivity contribution in [2.24, 2.45) is 0 Å². The van der Waals surface area contributed by atoms with E-state index in [9.17, 15) is 15.3 Å². The molecule has 22 heavy (non-hydrogen) atoms. The third-order valence-corrected chi connectivity index (χ3v) is 4.90. The first-order valence-electron chi connectivity index (χ1n) is 6.65. The quantitative estimate of drug-likeness (QED) is 0.557. The van der Waals surface area contributed by atoms with Crippen LogP contribution in [0.4, 0.5) is 5.82 Å². The Hall–Kier alpha value is -1.46. The summed E-state index contributed by atoms with van der Waals surface area (Å²) in [5.41, 5.74) is 0.981. The van der Waals surface area contributed by atoms with Gasteiger partial charge in [-0.1, -0.05) is 0 Å². The average molecular weight is 327 g/mol. The summed E-state index contributed by atoms with van der Waals surface area (Å²) in [6, 6.07) is 0. The molecule has 1 aliphatic rings. The van der Waals surface area contributed by atoms with E-state index in [0.717, 1.165) is 0 Å². The molecule has 2 aromatic rings. The first-order chi connectivity index (χ1) is 10.6. The minimum atomic E-state index is -1.32. The van der Waals surface area contributed by atoms with Gasteiger partial charge in [0.25, 0.3) is 0 Å².